The van der Waals surface area contributed by atoms with E-state index in [1.165, 1.54) is 38.6 Å². The van der Waals surface area contributed by atoms with Crippen LogP contribution in [0.1, 0.15) is 60.6 Å². The highest BCUT2D eigenvalue weighted by molar-refractivity contribution is 7.89. The topological polar surface area (TPSA) is 196 Å². The van der Waals surface area contributed by atoms with Crippen LogP contribution in [0.5, 0.6) is 0 Å². The van der Waals surface area contributed by atoms with Crippen molar-refractivity contribution in [2.24, 2.45) is 0 Å². The standard InChI is InChI=1S/C19H20ClN5O3S.C11H13NO3S.C8H8Cl2N4/c1-4-7-25-10-14-17(21-19(20)22-18(14)23-25)16-13-9-12(29(27,28)24(2)3)6-5-11(13)8-15(16)26;1-12(2)16(14,15)11-4-3-8-5-10(13)6-9(8)7-11;1-2-3-14-4-5-6(9)11-8(10)12-7(5)13-14/h5-6,9-10,16H,4,7-8H2,1-3H3;3-4,7H,5-6H2,1-2H3;4H,2-3H2,1H3. The first-order chi connectivity index (χ1) is 27.8. The lowest BCUT2D eigenvalue weighted by atomic mass is 9.95. The number of halogens is 3. The maximum absolute atomic E-state index is 12.9. The number of ketones is 2. The number of hydrogen-bond acceptors (Lipinski definition) is 12. The first-order valence-electron chi connectivity index (χ1n) is 18.4. The third-order valence-electron chi connectivity index (χ3n) is 9.59. The van der Waals surface area contributed by atoms with Crippen LogP contribution in [0, 0.1) is 0 Å². The molecule has 1 unspecified atom stereocenters. The minimum absolute atomic E-state index is 0.00701. The van der Waals surface area contributed by atoms with E-state index in [1.807, 2.05) is 19.3 Å². The minimum atomic E-state index is -3.63. The molecule has 0 fully saturated rings. The van der Waals surface area contributed by atoms with E-state index in [0.717, 1.165) is 45.8 Å². The fourth-order valence-corrected chi connectivity index (χ4v) is 9.16. The van der Waals surface area contributed by atoms with Gasteiger partial charge in [0, 0.05) is 72.9 Å². The van der Waals surface area contributed by atoms with Gasteiger partial charge in [-0.05, 0) is 82.6 Å². The van der Waals surface area contributed by atoms with Crippen LogP contribution in [-0.4, -0.2) is 105 Å². The molecule has 6 aromatic rings. The Labute approximate surface area is 356 Å². The molecule has 0 radical (unpaired) electrons. The third kappa shape index (κ3) is 9.33. The van der Waals surface area contributed by atoms with Gasteiger partial charge in [-0.25, -0.2) is 35.4 Å². The number of nitrogens with zero attached hydrogens (tertiary/aromatic N) is 10. The van der Waals surface area contributed by atoms with Gasteiger partial charge in [0.15, 0.2) is 17.1 Å². The Hall–Kier alpha value is -4.43. The molecule has 2 aliphatic rings. The Morgan fingerprint density at radius 1 is 0.661 bits per heavy atom. The molecule has 0 amide bonds. The van der Waals surface area contributed by atoms with Gasteiger partial charge in [-0.2, -0.15) is 20.2 Å². The summed E-state index contributed by atoms with van der Waals surface area (Å²) in [6.45, 7) is 5.65. The summed E-state index contributed by atoms with van der Waals surface area (Å²) in [7, 11) is -1.09. The van der Waals surface area contributed by atoms with Gasteiger partial charge in [0.05, 0.1) is 32.2 Å². The van der Waals surface area contributed by atoms with Crippen LogP contribution >= 0.6 is 34.8 Å². The van der Waals surface area contributed by atoms with Crippen LogP contribution in [0.4, 0.5) is 0 Å². The van der Waals surface area contributed by atoms with Crippen molar-refractivity contribution in [1.29, 1.82) is 0 Å². The van der Waals surface area contributed by atoms with E-state index in [4.69, 9.17) is 34.8 Å². The van der Waals surface area contributed by atoms with Crippen molar-refractivity contribution in [3.05, 3.63) is 92.5 Å². The van der Waals surface area contributed by atoms with Crippen LogP contribution < -0.4 is 0 Å². The summed E-state index contributed by atoms with van der Waals surface area (Å²) in [5.41, 5.74) is 4.65. The third-order valence-corrected chi connectivity index (χ3v) is 13.8. The van der Waals surface area contributed by atoms with E-state index < -0.39 is 26.0 Å². The number of benzene rings is 2. The zero-order valence-electron chi connectivity index (χ0n) is 33.0. The Morgan fingerprint density at radius 3 is 1.75 bits per heavy atom. The molecule has 0 spiro atoms. The number of aromatic nitrogens is 8. The number of aryl methyl sites for hydroxylation is 2. The van der Waals surface area contributed by atoms with Crippen molar-refractivity contribution in [1.82, 2.24) is 48.1 Å². The number of hydrogen-bond donors (Lipinski definition) is 0. The fraction of sp³-hybridized carbons (Fsp3) is 0.368. The summed E-state index contributed by atoms with van der Waals surface area (Å²) in [6, 6.07) is 9.70. The van der Waals surface area contributed by atoms with Crippen LogP contribution in [-0.2, 0) is 62.0 Å². The van der Waals surface area contributed by atoms with Gasteiger partial charge in [0.2, 0.25) is 30.6 Å². The van der Waals surface area contributed by atoms with Gasteiger partial charge in [-0.3, -0.25) is 19.0 Å². The lowest BCUT2D eigenvalue weighted by molar-refractivity contribution is -0.118. The molecule has 312 valence electrons. The van der Waals surface area contributed by atoms with Gasteiger partial charge in [-0.1, -0.05) is 37.6 Å². The predicted octanol–water partition coefficient (Wildman–Crippen LogP) is 5.54. The van der Waals surface area contributed by atoms with Gasteiger partial charge >= 0.3 is 0 Å². The number of carbonyl (C=O) groups is 2. The van der Waals surface area contributed by atoms with Crippen molar-refractivity contribution in [3.8, 4) is 0 Å². The SMILES string of the molecule is CCCn1cc2c(C3C(=O)Cc4ccc(S(=O)(=O)N(C)C)cc43)nc(Cl)nc2n1.CCCn1cc2c(Cl)nc(Cl)nc2n1.CN(C)S(=O)(=O)c1ccc2c(c1)CC(=O)C2. The highest BCUT2D eigenvalue weighted by Crippen LogP contribution is 2.39. The van der Waals surface area contributed by atoms with Crippen LogP contribution in [0.3, 0.4) is 0 Å². The average molecular weight is 904 g/mol. The normalized spacial score (nSPS) is 15.1. The molecule has 2 aliphatic carbocycles. The van der Waals surface area contributed by atoms with Gasteiger partial charge < -0.3 is 0 Å². The van der Waals surface area contributed by atoms with Crippen LogP contribution in [0.25, 0.3) is 22.1 Å². The molecule has 0 N–H and O–H groups in total. The van der Waals surface area contributed by atoms with E-state index >= 15 is 0 Å². The van der Waals surface area contributed by atoms with Gasteiger partial charge in [-0.15, -0.1) is 0 Å². The van der Waals surface area contributed by atoms with Gasteiger partial charge in [0.1, 0.15) is 10.9 Å². The van der Waals surface area contributed by atoms with Gasteiger partial charge in [0.25, 0.3) is 0 Å². The van der Waals surface area contributed by atoms with Crippen molar-refractivity contribution in [2.45, 2.75) is 74.7 Å². The van der Waals surface area contributed by atoms with Crippen LogP contribution in [0.15, 0.2) is 58.6 Å². The summed E-state index contributed by atoms with van der Waals surface area (Å²) in [6.07, 6.45) is 6.54. The van der Waals surface area contributed by atoms with E-state index in [9.17, 15) is 26.4 Å². The van der Waals surface area contributed by atoms with E-state index in [0.29, 0.717) is 52.5 Å². The van der Waals surface area contributed by atoms with Crippen molar-refractivity contribution in [2.75, 3.05) is 28.2 Å². The maximum Gasteiger partial charge on any atom is 0.242 e. The largest absolute Gasteiger partial charge is 0.299 e. The quantitative estimate of drug-likeness (QED) is 0.130. The van der Waals surface area contributed by atoms with E-state index in [-0.39, 0.29) is 38.3 Å². The summed E-state index contributed by atoms with van der Waals surface area (Å²) >= 11 is 17.7. The second kappa shape index (κ2) is 17.7. The molecule has 16 nitrogen and oxygen atoms in total. The summed E-state index contributed by atoms with van der Waals surface area (Å²) in [5.74, 6) is -0.613. The zero-order valence-corrected chi connectivity index (χ0v) is 36.9. The zero-order chi connectivity index (χ0) is 43.0. The first-order valence-corrected chi connectivity index (χ1v) is 22.5. The molecule has 0 saturated heterocycles. The molecular weight excluding hydrogens is 863 g/mol. The molecule has 59 heavy (non-hydrogen) atoms. The first kappa shape index (κ1) is 44.1. The highest BCUT2D eigenvalue weighted by atomic mass is 35.5. The average Bonchev–Trinajstić information content (AvgIpc) is 3.94. The lowest BCUT2D eigenvalue weighted by Gasteiger charge is -2.15. The molecule has 2 aromatic carbocycles. The molecule has 0 saturated carbocycles. The second-order valence-electron chi connectivity index (χ2n) is 14.3. The molecule has 0 aliphatic heterocycles. The monoisotopic (exact) mass is 902 g/mol. The van der Waals surface area contributed by atoms with Crippen LogP contribution in [0.2, 0.25) is 15.7 Å². The fourth-order valence-electron chi connectivity index (χ4n) is 6.68. The van der Waals surface area contributed by atoms with E-state index in [1.54, 1.807) is 39.7 Å². The number of fused-ring (bicyclic) bond motifs is 4. The number of carbonyl (C=O) groups excluding carboxylic acids is 2. The van der Waals surface area contributed by atoms with E-state index in [2.05, 4.69) is 37.1 Å². The molecule has 1 atom stereocenters. The smallest absolute Gasteiger partial charge is 0.242 e. The molecule has 4 heterocycles. The number of sulfonamides is 2. The Kier molecular flexibility index (Phi) is 13.2. The molecule has 21 heteroatoms. The Bertz CT molecular complexity index is 2830. The minimum Gasteiger partial charge on any atom is -0.299 e. The Balaban J connectivity index is 0.000000164. The predicted molar refractivity (Wildman–Crippen MR) is 224 cm³/mol. The maximum atomic E-state index is 12.9. The highest BCUT2D eigenvalue weighted by Gasteiger charge is 2.36. The summed E-state index contributed by atoms with van der Waals surface area (Å²) in [4.78, 5) is 40.9. The molecule has 8 rings (SSSR count). The van der Waals surface area contributed by atoms with Crippen molar-refractivity contribution in [3.63, 3.8) is 0 Å². The van der Waals surface area contributed by atoms with Crippen molar-refractivity contribution < 1.29 is 26.4 Å². The summed E-state index contributed by atoms with van der Waals surface area (Å²) in [5, 5.41) is 10.5. The Morgan fingerprint density at radius 2 is 1.17 bits per heavy atom. The number of rotatable bonds is 9. The second-order valence-corrected chi connectivity index (χ2v) is 19.6. The summed E-state index contributed by atoms with van der Waals surface area (Å²) < 4.78 is 54.7. The lowest BCUT2D eigenvalue weighted by Crippen LogP contribution is -2.22. The van der Waals surface area contributed by atoms with Crippen molar-refractivity contribution >= 4 is 88.5 Å². The molecule has 0 bridgehead atoms. The molecule has 4 aromatic heterocycles. The number of Topliss-reactive ketones (excluding diaryl/α,β-unsaturated/α-hetero) is 2. The molecular formula is C38H41Cl3N10O6S2.